The van der Waals surface area contributed by atoms with E-state index in [-0.39, 0.29) is 11.4 Å². The lowest BCUT2D eigenvalue weighted by Gasteiger charge is -2.42. The van der Waals surface area contributed by atoms with Crippen molar-refractivity contribution in [3.63, 3.8) is 0 Å². The van der Waals surface area contributed by atoms with E-state index in [0.29, 0.717) is 10.7 Å². The molecule has 1 saturated carbocycles. The Morgan fingerprint density at radius 3 is 2.78 bits per heavy atom. The summed E-state index contributed by atoms with van der Waals surface area (Å²) < 4.78 is 14.0. The maximum atomic E-state index is 14.0. The van der Waals surface area contributed by atoms with Crippen LogP contribution in [0.4, 0.5) is 10.1 Å². The Morgan fingerprint density at radius 1 is 1.28 bits per heavy atom. The van der Waals surface area contributed by atoms with Gasteiger partial charge in [0.1, 0.15) is 5.82 Å². The lowest BCUT2D eigenvalue weighted by Crippen LogP contribution is -2.59. The summed E-state index contributed by atoms with van der Waals surface area (Å²) in [6, 6.07) is 4.97. The summed E-state index contributed by atoms with van der Waals surface area (Å²) >= 11 is 5.81. The van der Waals surface area contributed by atoms with E-state index in [4.69, 9.17) is 11.6 Å². The second kappa shape index (κ2) is 4.71. The molecule has 1 aliphatic heterocycles. The van der Waals surface area contributed by atoms with E-state index in [2.05, 4.69) is 10.2 Å². The summed E-state index contributed by atoms with van der Waals surface area (Å²) in [5.41, 5.74) is 0.900. The van der Waals surface area contributed by atoms with Gasteiger partial charge in [-0.1, -0.05) is 24.4 Å². The Kier molecular flexibility index (Phi) is 3.20. The molecule has 0 radical (unpaired) electrons. The van der Waals surface area contributed by atoms with Crippen molar-refractivity contribution in [3.8, 4) is 0 Å². The van der Waals surface area contributed by atoms with Crippen molar-refractivity contribution in [2.75, 3.05) is 24.5 Å². The van der Waals surface area contributed by atoms with Crippen LogP contribution in [-0.4, -0.2) is 25.2 Å². The van der Waals surface area contributed by atoms with Crippen LogP contribution in [-0.2, 0) is 0 Å². The normalized spacial score (nSPS) is 22.7. The molecule has 18 heavy (non-hydrogen) atoms. The number of nitrogens with one attached hydrogen (secondary N) is 1. The zero-order valence-corrected chi connectivity index (χ0v) is 11.1. The Hall–Kier alpha value is -0.800. The molecular weight excluding hydrogens is 251 g/mol. The molecule has 1 saturated heterocycles. The molecule has 2 aliphatic rings. The second-order valence-corrected chi connectivity index (χ2v) is 5.87. The van der Waals surface area contributed by atoms with Crippen LogP contribution in [0.2, 0.25) is 5.02 Å². The summed E-state index contributed by atoms with van der Waals surface area (Å²) in [6.07, 6.45) is 4.98. The van der Waals surface area contributed by atoms with E-state index in [1.54, 1.807) is 12.1 Å². The quantitative estimate of drug-likeness (QED) is 0.841. The summed E-state index contributed by atoms with van der Waals surface area (Å²) in [4.78, 5) is 2.16. The zero-order chi connectivity index (χ0) is 12.6. The summed E-state index contributed by atoms with van der Waals surface area (Å²) in [5, 5.41) is 4.10. The molecule has 1 N–H and O–H groups in total. The first-order chi connectivity index (χ1) is 8.69. The van der Waals surface area contributed by atoms with Gasteiger partial charge in [-0.2, -0.15) is 0 Å². The van der Waals surface area contributed by atoms with Gasteiger partial charge < -0.3 is 10.2 Å². The molecule has 0 aromatic heterocycles. The molecule has 1 aliphatic carbocycles. The number of halogens is 2. The van der Waals surface area contributed by atoms with Crippen LogP contribution >= 0.6 is 11.6 Å². The SMILES string of the molecule is Fc1cc(Cl)ccc1N1CCNC2(CCCC2)C1. The Bertz CT molecular complexity index is 443. The topological polar surface area (TPSA) is 15.3 Å². The molecule has 2 nitrogen and oxygen atoms in total. The molecule has 2 fully saturated rings. The largest absolute Gasteiger partial charge is 0.366 e. The molecule has 1 aromatic rings. The van der Waals surface area contributed by atoms with E-state index >= 15 is 0 Å². The van der Waals surface area contributed by atoms with Crippen molar-refractivity contribution in [2.24, 2.45) is 0 Å². The van der Waals surface area contributed by atoms with Gasteiger partial charge in [0.05, 0.1) is 5.69 Å². The minimum atomic E-state index is -0.211. The summed E-state index contributed by atoms with van der Waals surface area (Å²) in [5.74, 6) is -0.211. The molecule has 1 heterocycles. The minimum Gasteiger partial charge on any atom is -0.366 e. The first-order valence-electron chi connectivity index (χ1n) is 6.64. The van der Waals surface area contributed by atoms with Crippen molar-refractivity contribution >= 4 is 17.3 Å². The number of piperazine rings is 1. The van der Waals surface area contributed by atoms with Crippen LogP contribution in [0.5, 0.6) is 0 Å². The van der Waals surface area contributed by atoms with Crippen LogP contribution in [0.25, 0.3) is 0 Å². The summed E-state index contributed by atoms with van der Waals surface area (Å²) in [7, 11) is 0. The first kappa shape index (κ1) is 12.2. The molecule has 0 unspecified atom stereocenters. The third-order valence-electron chi connectivity index (χ3n) is 4.19. The number of benzene rings is 1. The highest BCUT2D eigenvalue weighted by Crippen LogP contribution is 2.34. The second-order valence-electron chi connectivity index (χ2n) is 5.43. The predicted molar refractivity (Wildman–Crippen MR) is 72.8 cm³/mol. The van der Waals surface area contributed by atoms with E-state index in [0.717, 1.165) is 19.6 Å². The standard InChI is InChI=1S/C14H18ClFN2/c15-11-3-4-13(12(16)9-11)18-8-7-17-14(10-18)5-1-2-6-14/h3-4,9,17H,1-2,5-8,10H2. The van der Waals surface area contributed by atoms with Crippen molar-refractivity contribution < 1.29 is 4.39 Å². The Labute approximate surface area is 112 Å². The molecule has 3 rings (SSSR count). The number of anilines is 1. The van der Waals surface area contributed by atoms with Crippen molar-refractivity contribution in [1.82, 2.24) is 5.32 Å². The lowest BCUT2D eigenvalue weighted by atomic mass is 9.94. The lowest BCUT2D eigenvalue weighted by molar-refractivity contribution is 0.302. The number of hydrogen-bond acceptors (Lipinski definition) is 2. The molecule has 1 spiro atoms. The van der Waals surface area contributed by atoms with Crippen LogP contribution in [0.3, 0.4) is 0 Å². The third kappa shape index (κ3) is 2.21. The predicted octanol–water partition coefficient (Wildman–Crippen LogP) is 3.20. The fraction of sp³-hybridized carbons (Fsp3) is 0.571. The minimum absolute atomic E-state index is 0.211. The number of rotatable bonds is 1. The molecular formula is C14H18ClFN2. The number of nitrogens with zero attached hydrogens (tertiary/aromatic N) is 1. The Morgan fingerprint density at radius 2 is 2.06 bits per heavy atom. The van der Waals surface area contributed by atoms with Gasteiger partial charge in [0.2, 0.25) is 0 Å². The average Bonchev–Trinajstić information content (AvgIpc) is 2.77. The Balaban J connectivity index is 1.83. The highest BCUT2D eigenvalue weighted by molar-refractivity contribution is 6.30. The van der Waals surface area contributed by atoms with Gasteiger partial charge >= 0.3 is 0 Å². The average molecular weight is 269 g/mol. The van der Waals surface area contributed by atoms with E-state index in [1.807, 2.05) is 0 Å². The fourth-order valence-electron chi connectivity index (χ4n) is 3.29. The van der Waals surface area contributed by atoms with Gasteiger partial charge in [0.25, 0.3) is 0 Å². The van der Waals surface area contributed by atoms with Crippen LogP contribution in [0.15, 0.2) is 18.2 Å². The highest BCUT2D eigenvalue weighted by atomic mass is 35.5. The van der Waals surface area contributed by atoms with Gasteiger partial charge in [-0.25, -0.2) is 4.39 Å². The zero-order valence-electron chi connectivity index (χ0n) is 10.4. The smallest absolute Gasteiger partial charge is 0.147 e. The van der Waals surface area contributed by atoms with Crippen LogP contribution < -0.4 is 10.2 Å². The first-order valence-corrected chi connectivity index (χ1v) is 7.01. The van der Waals surface area contributed by atoms with Crippen molar-refractivity contribution in [1.29, 1.82) is 0 Å². The molecule has 0 bridgehead atoms. The molecule has 0 amide bonds. The van der Waals surface area contributed by atoms with E-state index in [9.17, 15) is 4.39 Å². The fourth-order valence-corrected chi connectivity index (χ4v) is 3.45. The monoisotopic (exact) mass is 268 g/mol. The van der Waals surface area contributed by atoms with Gasteiger partial charge in [-0.05, 0) is 31.0 Å². The van der Waals surface area contributed by atoms with Crippen molar-refractivity contribution in [2.45, 2.75) is 31.2 Å². The molecule has 98 valence electrons. The van der Waals surface area contributed by atoms with Gasteiger partial charge in [-0.3, -0.25) is 0 Å². The maximum Gasteiger partial charge on any atom is 0.147 e. The van der Waals surface area contributed by atoms with Gasteiger partial charge in [0, 0.05) is 30.2 Å². The molecule has 4 heteroatoms. The van der Waals surface area contributed by atoms with E-state index < -0.39 is 0 Å². The van der Waals surface area contributed by atoms with Crippen LogP contribution in [0.1, 0.15) is 25.7 Å². The molecule has 1 aromatic carbocycles. The third-order valence-corrected chi connectivity index (χ3v) is 4.42. The van der Waals surface area contributed by atoms with Gasteiger partial charge in [0.15, 0.2) is 0 Å². The van der Waals surface area contributed by atoms with Gasteiger partial charge in [-0.15, -0.1) is 0 Å². The van der Waals surface area contributed by atoms with E-state index in [1.165, 1.54) is 31.7 Å². The maximum absolute atomic E-state index is 14.0. The number of hydrogen-bond donors (Lipinski definition) is 1. The van der Waals surface area contributed by atoms with Crippen LogP contribution in [0, 0.1) is 5.82 Å². The van der Waals surface area contributed by atoms with Crippen molar-refractivity contribution in [3.05, 3.63) is 29.0 Å². The summed E-state index contributed by atoms with van der Waals surface area (Å²) in [6.45, 7) is 2.70. The molecule has 0 atom stereocenters. The highest BCUT2D eigenvalue weighted by Gasteiger charge is 2.38.